The first-order valence-electron chi connectivity index (χ1n) is 4.33. The second kappa shape index (κ2) is 5.56. The van der Waals surface area contributed by atoms with Gasteiger partial charge in [0.1, 0.15) is 0 Å². The maximum Gasteiger partial charge on any atom is 0.228 e. The van der Waals surface area contributed by atoms with Gasteiger partial charge in [-0.15, -0.1) is 0 Å². The zero-order chi connectivity index (χ0) is 10.4. The average molecular weight is 217 g/mol. The van der Waals surface area contributed by atoms with Crippen LogP contribution in [-0.2, 0) is 0 Å². The van der Waals surface area contributed by atoms with Crippen molar-refractivity contribution < 1.29 is 0 Å². The van der Waals surface area contributed by atoms with E-state index in [-0.39, 0.29) is 11.2 Å². The van der Waals surface area contributed by atoms with Crippen molar-refractivity contribution in [1.82, 2.24) is 15.0 Å². The molecule has 7 heteroatoms. The van der Waals surface area contributed by atoms with E-state index < -0.39 is 0 Å². The molecule has 0 saturated carbocycles. The number of nitrogens with two attached hydrogens (primary N) is 2. The third kappa shape index (κ3) is 3.71. The van der Waals surface area contributed by atoms with Gasteiger partial charge in [0, 0.05) is 6.54 Å². The fourth-order valence-electron chi connectivity index (χ4n) is 0.914. The monoisotopic (exact) mass is 216 g/mol. The molecule has 0 bridgehead atoms. The minimum absolute atomic E-state index is 0.0961. The molecule has 0 aliphatic carbocycles. The Kier molecular flexibility index (Phi) is 4.34. The van der Waals surface area contributed by atoms with Crippen LogP contribution in [0.2, 0.25) is 5.28 Å². The Morgan fingerprint density at radius 3 is 2.64 bits per heavy atom. The normalized spacial score (nSPS) is 10.1. The number of nitrogen functional groups attached to an aromatic ring is 1. The SMILES string of the molecule is NCCCCNc1nc(N)nc(Cl)n1. The minimum atomic E-state index is 0.0961. The molecule has 0 saturated heterocycles. The van der Waals surface area contributed by atoms with E-state index in [0.717, 1.165) is 19.4 Å². The van der Waals surface area contributed by atoms with Crippen molar-refractivity contribution >= 4 is 23.5 Å². The third-order valence-electron chi connectivity index (χ3n) is 1.54. The van der Waals surface area contributed by atoms with E-state index in [1.54, 1.807) is 0 Å². The van der Waals surface area contributed by atoms with Gasteiger partial charge in [-0.25, -0.2) is 0 Å². The highest BCUT2D eigenvalue weighted by molar-refractivity contribution is 6.28. The van der Waals surface area contributed by atoms with Gasteiger partial charge in [0.15, 0.2) is 0 Å². The number of nitrogens with zero attached hydrogens (tertiary/aromatic N) is 3. The molecule has 1 aromatic heterocycles. The minimum Gasteiger partial charge on any atom is -0.368 e. The predicted octanol–water partition coefficient (Wildman–Crippen LogP) is 0.258. The summed E-state index contributed by atoms with van der Waals surface area (Å²) in [5.74, 6) is 0.519. The van der Waals surface area contributed by atoms with Crippen molar-refractivity contribution in [2.45, 2.75) is 12.8 Å². The average Bonchev–Trinajstić information content (AvgIpc) is 2.11. The van der Waals surface area contributed by atoms with Gasteiger partial charge in [-0.05, 0) is 31.0 Å². The molecular formula is C7H13ClN6. The fraction of sp³-hybridized carbons (Fsp3) is 0.571. The summed E-state index contributed by atoms with van der Waals surface area (Å²) in [7, 11) is 0. The molecule has 5 N–H and O–H groups in total. The number of aromatic nitrogens is 3. The molecular weight excluding hydrogens is 204 g/mol. The topological polar surface area (TPSA) is 103 Å². The molecule has 0 unspecified atom stereocenters. The van der Waals surface area contributed by atoms with E-state index in [0.29, 0.717) is 12.5 Å². The van der Waals surface area contributed by atoms with Gasteiger partial charge in [0.2, 0.25) is 17.2 Å². The zero-order valence-electron chi connectivity index (χ0n) is 7.70. The van der Waals surface area contributed by atoms with Crippen LogP contribution in [0.5, 0.6) is 0 Å². The van der Waals surface area contributed by atoms with E-state index in [4.69, 9.17) is 23.1 Å². The molecule has 6 nitrogen and oxygen atoms in total. The zero-order valence-corrected chi connectivity index (χ0v) is 8.46. The molecule has 0 atom stereocenters. The van der Waals surface area contributed by atoms with Gasteiger partial charge in [-0.3, -0.25) is 0 Å². The van der Waals surface area contributed by atoms with E-state index in [1.165, 1.54) is 0 Å². The van der Waals surface area contributed by atoms with Crippen molar-refractivity contribution in [1.29, 1.82) is 0 Å². The first-order valence-corrected chi connectivity index (χ1v) is 4.71. The van der Waals surface area contributed by atoms with Crippen molar-refractivity contribution in [3.05, 3.63) is 5.28 Å². The predicted molar refractivity (Wildman–Crippen MR) is 56.0 cm³/mol. The molecule has 0 aromatic carbocycles. The Labute approximate surface area is 87.1 Å². The summed E-state index contributed by atoms with van der Waals surface area (Å²) in [5.41, 5.74) is 10.7. The van der Waals surface area contributed by atoms with Crippen molar-refractivity contribution in [2.24, 2.45) is 5.73 Å². The van der Waals surface area contributed by atoms with Gasteiger partial charge < -0.3 is 16.8 Å². The van der Waals surface area contributed by atoms with Gasteiger partial charge >= 0.3 is 0 Å². The number of anilines is 2. The van der Waals surface area contributed by atoms with Crippen molar-refractivity contribution in [3.63, 3.8) is 0 Å². The van der Waals surface area contributed by atoms with Crippen LogP contribution in [0.25, 0.3) is 0 Å². The number of nitrogens with one attached hydrogen (secondary N) is 1. The maximum absolute atomic E-state index is 5.59. The first-order chi connectivity index (χ1) is 6.72. The number of hydrogen-bond acceptors (Lipinski definition) is 6. The van der Waals surface area contributed by atoms with Gasteiger partial charge in [0.05, 0.1) is 0 Å². The smallest absolute Gasteiger partial charge is 0.228 e. The lowest BCUT2D eigenvalue weighted by Crippen LogP contribution is -2.09. The molecule has 0 amide bonds. The molecule has 14 heavy (non-hydrogen) atoms. The van der Waals surface area contributed by atoms with Crippen LogP contribution in [0.1, 0.15) is 12.8 Å². The summed E-state index contributed by atoms with van der Waals surface area (Å²) >= 11 is 5.59. The third-order valence-corrected chi connectivity index (χ3v) is 1.71. The summed E-state index contributed by atoms with van der Waals surface area (Å²) < 4.78 is 0. The largest absolute Gasteiger partial charge is 0.368 e. The molecule has 1 rings (SSSR count). The summed E-state index contributed by atoms with van der Waals surface area (Å²) in [6.45, 7) is 1.43. The fourth-order valence-corrected chi connectivity index (χ4v) is 1.08. The van der Waals surface area contributed by atoms with Gasteiger partial charge in [0.25, 0.3) is 0 Å². The Hall–Kier alpha value is -1.14. The van der Waals surface area contributed by atoms with Gasteiger partial charge in [-0.2, -0.15) is 15.0 Å². The molecule has 1 heterocycles. The van der Waals surface area contributed by atoms with Gasteiger partial charge in [-0.1, -0.05) is 0 Å². The Morgan fingerprint density at radius 1 is 1.21 bits per heavy atom. The Bertz CT molecular complexity index is 271. The van der Waals surface area contributed by atoms with Crippen LogP contribution < -0.4 is 16.8 Å². The summed E-state index contributed by atoms with van der Waals surface area (Å²) in [5, 5.41) is 3.08. The van der Waals surface area contributed by atoms with Crippen LogP contribution in [0.3, 0.4) is 0 Å². The molecule has 0 aliphatic rings. The highest BCUT2D eigenvalue weighted by Crippen LogP contribution is 2.06. The van der Waals surface area contributed by atoms with Crippen LogP contribution in [-0.4, -0.2) is 28.0 Å². The molecule has 0 fully saturated rings. The van der Waals surface area contributed by atoms with E-state index in [9.17, 15) is 0 Å². The number of rotatable bonds is 5. The number of halogens is 1. The lowest BCUT2D eigenvalue weighted by Gasteiger charge is -2.03. The molecule has 0 spiro atoms. The standard InChI is InChI=1S/C7H13ClN6/c8-5-12-6(10)14-7(13-5)11-4-2-1-3-9/h1-4,9H2,(H3,10,11,12,13,14). The van der Waals surface area contributed by atoms with Crippen molar-refractivity contribution in [3.8, 4) is 0 Å². The lowest BCUT2D eigenvalue weighted by atomic mass is 10.3. The Morgan fingerprint density at radius 2 is 2.00 bits per heavy atom. The van der Waals surface area contributed by atoms with Crippen LogP contribution in [0, 0.1) is 0 Å². The van der Waals surface area contributed by atoms with Crippen LogP contribution in [0.15, 0.2) is 0 Å². The molecule has 78 valence electrons. The second-order valence-electron chi connectivity index (χ2n) is 2.71. The highest BCUT2D eigenvalue weighted by atomic mass is 35.5. The number of unbranched alkanes of at least 4 members (excludes halogenated alkanes) is 1. The molecule has 1 aromatic rings. The quantitative estimate of drug-likeness (QED) is 0.610. The van der Waals surface area contributed by atoms with E-state index in [2.05, 4.69) is 20.3 Å². The second-order valence-corrected chi connectivity index (χ2v) is 3.05. The summed E-state index contributed by atoms with van der Waals surface area (Å²) in [4.78, 5) is 11.4. The lowest BCUT2D eigenvalue weighted by molar-refractivity contribution is 0.769. The first kappa shape index (κ1) is 10.9. The van der Waals surface area contributed by atoms with E-state index >= 15 is 0 Å². The summed E-state index contributed by atoms with van der Waals surface area (Å²) in [6.07, 6.45) is 1.92. The van der Waals surface area contributed by atoms with Crippen LogP contribution in [0.4, 0.5) is 11.9 Å². The Balaban J connectivity index is 2.42. The molecule has 0 radical (unpaired) electrons. The van der Waals surface area contributed by atoms with Crippen molar-refractivity contribution in [2.75, 3.05) is 24.1 Å². The highest BCUT2D eigenvalue weighted by Gasteiger charge is 2.00. The number of hydrogen-bond donors (Lipinski definition) is 3. The summed E-state index contributed by atoms with van der Waals surface area (Å²) in [6, 6.07) is 0. The molecule has 0 aliphatic heterocycles. The van der Waals surface area contributed by atoms with Crippen LogP contribution >= 0.6 is 11.6 Å². The maximum atomic E-state index is 5.59. The van der Waals surface area contributed by atoms with E-state index in [1.807, 2.05) is 0 Å².